The van der Waals surface area contributed by atoms with Crippen molar-refractivity contribution >= 4 is 17.3 Å². The van der Waals surface area contributed by atoms with Gasteiger partial charge in [-0.15, -0.1) is 0 Å². The van der Waals surface area contributed by atoms with Crippen LogP contribution in [0.2, 0.25) is 5.02 Å². The average Bonchev–Trinajstić information content (AvgIpc) is 2.91. The van der Waals surface area contributed by atoms with Crippen molar-refractivity contribution < 1.29 is 13.2 Å². The Balaban J connectivity index is 1.39. The number of aromatic nitrogens is 2. The molecule has 2 heterocycles. The van der Waals surface area contributed by atoms with Crippen LogP contribution in [0.5, 0.6) is 0 Å². The molecule has 0 atom stereocenters. The van der Waals surface area contributed by atoms with Crippen LogP contribution in [-0.2, 0) is 12.8 Å². The van der Waals surface area contributed by atoms with Gasteiger partial charge in [-0.3, -0.25) is 9.69 Å². The van der Waals surface area contributed by atoms with Gasteiger partial charge in [-0.2, -0.15) is 18.3 Å². The highest BCUT2D eigenvalue weighted by atomic mass is 35.5. The van der Waals surface area contributed by atoms with Gasteiger partial charge in [0.2, 0.25) is 0 Å². The van der Waals surface area contributed by atoms with Gasteiger partial charge in [0.1, 0.15) is 0 Å². The molecule has 1 aromatic heterocycles. The molecule has 1 saturated heterocycles. The molecule has 190 valence electrons. The fourth-order valence-electron chi connectivity index (χ4n) is 4.44. The number of alkyl halides is 3. The highest BCUT2D eigenvalue weighted by molar-refractivity contribution is 6.30. The van der Waals surface area contributed by atoms with Gasteiger partial charge < -0.3 is 4.90 Å². The first-order valence-electron chi connectivity index (χ1n) is 11.9. The molecule has 5 nitrogen and oxygen atoms in total. The third kappa shape index (κ3) is 5.70. The Hall–Kier alpha value is -3.62. The largest absolute Gasteiger partial charge is 0.416 e. The Morgan fingerprint density at radius 3 is 2.19 bits per heavy atom. The maximum Gasteiger partial charge on any atom is 0.416 e. The van der Waals surface area contributed by atoms with E-state index in [1.165, 1.54) is 16.8 Å². The molecule has 0 spiro atoms. The summed E-state index contributed by atoms with van der Waals surface area (Å²) in [5.74, 6) is 0. The van der Waals surface area contributed by atoms with Gasteiger partial charge in [-0.1, -0.05) is 60.1 Å². The topological polar surface area (TPSA) is 41.4 Å². The molecule has 0 aliphatic carbocycles. The SMILES string of the molecule is O=c1c(-c2ccccc2)cc(-c2ccc(Cl)cc2)nn1CN1CCN(c2cccc(C(F)(F)F)c2)CC1. The van der Waals surface area contributed by atoms with Crippen LogP contribution in [0.4, 0.5) is 18.9 Å². The summed E-state index contributed by atoms with van der Waals surface area (Å²) in [6.07, 6.45) is -4.38. The smallest absolute Gasteiger partial charge is 0.369 e. The summed E-state index contributed by atoms with van der Waals surface area (Å²) in [4.78, 5) is 17.4. The van der Waals surface area contributed by atoms with E-state index >= 15 is 0 Å². The Morgan fingerprint density at radius 1 is 0.811 bits per heavy atom. The fourth-order valence-corrected chi connectivity index (χ4v) is 4.57. The zero-order valence-electron chi connectivity index (χ0n) is 19.8. The van der Waals surface area contributed by atoms with Crippen molar-refractivity contribution in [2.24, 2.45) is 0 Å². The number of halogens is 4. The van der Waals surface area contributed by atoms with E-state index in [0.29, 0.717) is 48.1 Å². The second-order valence-electron chi connectivity index (χ2n) is 8.92. The third-order valence-electron chi connectivity index (χ3n) is 6.44. The highest BCUT2D eigenvalue weighted by Gasteiger charge is 2.31. The first-order valence-corrected chi connectivity index (χ1v) is 12.2. The third-order valence-corrected chi connectivity index (χ3v) is 6.70. The molecule has 9 heteroatoms. The van der Waals surface area contributed by atoms with Crippen molar-refractivity contribution in [2.75, 3.05) is 31.1 Å². The van der Waals surface area contributed by atoms with E-state index in [9.17, 15) is 18.0 Å². The second kappa shape index (κ2) is 10.4. The summed E-state index contributed by atoms with van der Waals surface area (Å²) >= 11 is 6.06. The maximum atomic E-state index is 13.4. The van der Waals surface area contributed by atoms with E-state index in [4.69, 9.17) is 11.6 Å². The van der Waals surface area contributed by atoms with Crippen LogP contribution in [0.25, 0.3) is 22.4 Å². The molecule has 0 radical (unpaired) electrons. The fraction of sp³-hybridized carbons (Fsp3) is 0.214. The predicted octanol–water partition coefficient (Wildman–Crippen LogP) is 6.03. The second-order valence-corrected chi connectivity index (χ2v) is 9.35. The first kappa shape index (κ1) is 25.0. The lowest BCUT2D eigenvalue weighted by Crippen LogP contribution is -2.48. The number of hydrogen-bond acceptors (Lipinski definition) is 4. The van der Waals surface area contributed by atoms with Crippen molar-refractivity contribution in [3.05, 3.63) is 106 Å². The summed E-state index contributed by atoms with van der Waals surface area (Å²) in [5.41, 5.74) is 2.51. The number of hydrogen-bond donors (Lipinski definition) is 0. The Morgan fingerprint density at radius 2 is 1.51 bits per heavy atom. The number of anilines is 1. The van der Waals surface area contributed by atoms with Crippen LogP contribution < -0.4 is 10.5 Å². The lowest BCUT2D eigenvalue weighted by Gasteiger charge is -2.36. The molecule has 1 fully saturated rings. The normalized spacial score (nSPS) is 14.6. The summed E-state index contributed by atoms with van der Waals surface area (Å²) in [7, 11) is 0. The molecule has 1 aliphatic rings. The molecule has 0 amide bonds. The van der Waals surface area contributed by atoms with Crippen molar-refractivity contribution in [1.82, 2.24) is 14.7 Å². The maximum absolute atomic E-state index is 13.4. The van der Waals surface area contributed by atoms with Crippen molar-refractivity contribution in [2.45, 2.75) is 12.8 Å². The van der Waals surface area contributed by atoms with E-state index in [1.807, 2.05) is 47.4 Å². The molecule has 3 aromatic carbocycles. The van der Waals surface area contributed by atoms with E-state index in [0.717, 1.165) is 17.2 Å². The van der Waals surface area contributed by atoms with Crippen molar-refractivity contribution in [3.8, 4) is 22.4 Å². The van der Waals surface area contributed by atoms with Gasteiger partial charge in [-0.05, 0) is 42.0 Å². The number of nitrogens with zero attached hydrogens (tertiary/aromatic N) is 4. The minimum absolute atomic E-state index is 0.204. The first-order chi connectivity index (χ1) is 17.8. The van der Waals surface area contributed by atoms with Crippen molar-refractivity contribution in [3.63, 3.8) is 0 Å². The number of benzene rings is 3. The van der Waals surface area contributed by atoms with Crippen LogP contribution >= 0.6 is 11.6 Å². The Labute approximate surface area is 217 Å². The van der Waals surface area contributed by atoms with Gasteiger partial charge in [0, 0.05) is 42.5 Å². The lowest BCUT2D eigenvalue weighted by atomic mass is 10.0. The van der Waals surface area contributed by atoms with Crippen molar-refractivity contribution in [1.29, 1.82) is 0 Å². The zero-order chi connectivity index (χ0) is 26.0. The van der Waals surface area contributed by atoms with E-state index in [1.54, 1.807) is 24.3 Å². The van der Waals surface area contributed by atoms with Gasteiger partial charge in [0.15, 0.2) is 0 Å². The van der Waals surface area contributed by atoms with Gasteiger partial charge in [-0.25, -0.2) is 4.68 Å². The lowest BCUT2D eigenvalue weighted by molar-refractivity contribution is -0.137. The monoisotopic (exact) mass is 524 g/mol. The molecule has 37 heavy (non-hydrogen) atoms. The van der Waals surface area contributed by atoms with Crippen LogP contribution in [0, 0.1) is 0 Å². The predicted molar refractivity (Wildman–Crippen MR) is 140 cm³/mol. The Bertz CT molecular complexity index is 1430. The summed E-state index contributed by atoms with van der Waals surface area (Å²) < 4.78 is 40.9. The van der Waals surface area contributed by atoms with Gasteiger partial charge in [0.05, 0.1) is 23.5 Å². The molecule has 0 unspecified atom stereocenters. The number of rotatable bonds is 5. The number of piperazine rings is 1. The summed E-state index contributed by atoms with van der Waals surface area (Å²) in [6.45, 7) is 2.51. The van der Waals surface area contributed by atoms with E-state index in [2.05, 4.69) is 10.00 Å². The molecule has 0 N–H and O–H groups in total. The highest BCUT2D eigenvalue weighted by Crippen LogP contribution is 2.32. The zero-order valence-corrected chi connectivity index (χ0v) is 20.6. The van der Waals surface area contributed by atoms with Crippen LogP contribution in [0.1, 0.15) is 5.56 Å². The van der Waals surface area contributed by atoms with E-state index in [-0.39, 0.29) is 12.2 Å². The van der Waals surface area contributed by atoms with E-state index < -0.39 is 11.7 Å². The minimum atomic E-state index is -4.38. The quantitative estimate of drug-likeness (QED) is 0.320. The summed E-state index contributed by atoms with van der Waals surface area (Å²) in [5, 5.41) is 5.26. The molecule has 4 aromatic rings. The van der Waals surface area contributed by atoms with Crippen LogP contribution in [0.3, 0.4) is 0 Å². The molecule has 1 aliphatic heterocycles. The van der Waals surface area contributed by atoms with Crippen LogP contribution in [0.15, 0.2) is 89.7 Å². The minimum Gasteiger partial charge on any atom is -0.369 e. The molecular weight excluding hydrogens is 501 g/mol. The van der Waals surface area contributed by atoms with Gasteiger partial charge in [0.25, 0.3) is 5.56 Å². The molecule has 0 bridgehead atoms. The summed E-state index contributed by atoms with van der Waals surface area (Å²) in [6, 6.07) is 23.9. The van der Waals surface area contributed by atoms with Crippen LogP contribution in [-0.4, -0.2) is 40.9 Å². The molecule has 5 rings (SSSR count). The molecular formula is C28H24ClF3N4O. The Kier molecular flexibility index (Phi) is 7.04. The van der Waals surface area contributed by atoms with Gasteiger partial charge >= 0.3 is 6.18 Å². The average molecular weight is 525 g/mol. The molecule has 0 saturated carbocycles. The standard InChI is InChI=1S/C28H24ClF3N4O/c29-23-11-9-21(10-12-23)26-18-25(20-5-2-1-3-6-20)27(37)36(33-26)19-34-13-15-35(16-14-34)24-8-4-7-22(17-24)28(30,31)32/h1-12,17-18H,13-16,19H2.